The number of hydrogen-bond donors (Lipinski definition) is 0. The van der Waals surface area contributed by atoms with Crippen LogP contribution in [0.1, 0.15) is 46.5 Å². The van der Waals surface area contributed by atoms with E-state index in [4.69, 9.17) is 11.6 Å². The van der Waals surface area contributed by atoms with Gasteiger partial charge in [-0.3, -0.25) is 0 Å². The molecule has 2 aliphatic rings. The Morgan fingerprint density at radius 1 is 1.11 bits per heavy atom. The van der Waals surface area contributed by atoms with Crippen LogP contribution in [0.5, 0.6) is 0 Å². The molecular formula is C14H25ClO2S. The van der Waals surface area contributed by atoms with Crippen molar-refractivity contribution in [3.63, 3.8) is 0 Å². The molecule has 2 rings (SSSR count). The molecule has 1 saturated heterocycles. The molecular weight excluding hydrogens is 268 g/mol. The van der Waals surface area contributed by atoms with Crippen molar-refractivity contribution in [1.29, 1.82) is 0 Å². The molecule has 4 atom stereocenters. The normalized spacial score (nSPS) is 40.9. The van der Waals surface area contributed by atoms with Crippen LogP contribution >= 0.6 is 11.6 Å². The van der Waals surface area contributed by atoms with Crippen molar-refractivity contribution < 1.29 is 8.42 Å². The molecule has 0 aromatic carbocycles. The number of rotatable bonds is 1. The summed E-state index contributed by atoms with van der Waals surface area (Å²) in [6, 6.07) is 0. The first-order valence-corrected chi connectivity index (χ1v) is 9.29. The number of alkyl halides is 1. The van der Waals surface area contributed by atoms with E-state index in [9.17, 15) is 8.42 Å². The van der Waals surface area contributed by atoms with Gasteiger partial charge in [0.2, 0.25) is 0 Å². The van der Waals surface area contributed by atoms with Gasteiger partial charge in [-0.1, -0.05) is 20.8 Å². The van der Waals surface area contributed by atoms with Gasteiger partial charge >= 0.3 is 0 Å². The Hall–Kier alpha value is 0.240. The van der Waals surface area contributed by atoms with Crippen LogP contribution in [0.3, 0.4) is 0 Å². The van der Waals surface area contributed by atoms with Gasteiger partial charge in [-0.25, -0.2) is 8.42 Å². The van der Waals surface area contributed by atoms with Crippen molar-refractivity contribution in [2.45, 2.75) is 51.8 Å². The van der Waals surface area contributed by atoms with E-state index in [1.54, 1.807) is 0 Å². The van der Waals surface area contributed by atoms with Crippen LogP contribution in [0.25, 0.3) is 0 Å². The molecule has 0 radical (unpaired) electrons. The minimum Gasteiger partial charge on any atom is -0.229 e. The van der Waals surface area contributed by atoms with Gasteiger partial charge < -0.3 is 0 Å². The van der Waals surface area contributed by atoms with Crippen molar-refractivity contribution in [2.75, 3.05) is 11.5 Å². The van der Waals surface area contributed by atoms with Crippen molar-refractivity contribution in [1.82, 2.24) is 0 Å². The Balaban J connectivity index is 2.07. The molecule has 1 heterocycles. The largest absolute Gasteiger partial charge is 0.229 e. The summed E-state index contributed by atoms with van der Waals surface area (Å²) in [6.45, 7) is 6.86. The lowest BCUT2D eigenvalue weighted by molar-refractivity contribution is 0.120. The van der Waals surface area contributed by atoms with E-state index in [2.05, 4.69) is 20.8 Å². The average molecular weight is 293 g/mol. The van der Waals surface area contributed by atoms with Crippen molar-refractivity contribution in [3.8, 4) is 0 Å². The predicted octanol–water partition coefficient (Wildman–Crippen LogP) is 3.49. The van der Waals surface area contributed by atoms with E-state index in [0.717, 1.165) is 19.3 Å². The fourth-order valence-corrected chi connectivity index (χ4v) is 5.93. The summed E-state index contributed by atoms with van der Waals surface area (Å²) in [5, 5.41) is 0.182. The number of sulfone groups is 1. The molecule has 2 nitrogen and oxygen atoms in total. The fraction of sp³-hybridized carbons (Fsp3) is 1.00. The van der Waals surface area contributed by atoms with Gasteiger partial charge in [0.25, 0.3) is 0 Å². The molecule has 0 spiro atoms. The van der Waals surface area contributed by atoms with E-state index in [0.29, 0.717) is 34.7 Å². The van der Waals surface area contributed by atoms with E-state index in [-0.39, 0.29) is 5.38 Å². The van der Waals surface area contributed by atoms with Gasteiger partial charge in [-0.2, -0.15) is 0 Å². The van der Waals surface area contributed by atoms with Crippen LogP contribution in [0.15, 0.2) is 0 Å². The molecule has 1 aliphatic heterocycles. The van der Waals surface area contributed by atoms with E-state index in [1.807, 2.05) is 0 Å². The summed E-state index contributed by atoms with van der Waals surface area (Å²) in [5.41, 5.74) is 0.312. The third kappa shape index (κ3) is 3.22. The smallest absolute Gasteiger partial charge is 0.150 e. The van der Waals surface area contributed by atoms with Gasteiger partial charge in [-0.05, 0) is 48.9 Å². The molecule has 18 heavy (non-hydrogen) atoms. The van der Waals surface area contributed by atoms with E-state index < -0.39 is 9.84 Å². The second-order valence-corrected chi connectivity index (χ2v) is 10.0. The molecule has 0 amide bonds. The number of halogens is 1. The van der Waals surface area contributed by atoms with Gasteiger partial charge in [0.1, 0.15) is 0 Å². The minimum absolute atomic E-state index is 0.182. The van der Waals surface area contributed by atoms with Gasteiger partial charge in [0.05, 0.1) is 11.5 Å². The molecule has 0 aromatic rings. The lowest BCUT2D eigenvalue weighted by atomic mass is 9.66. The Morgan fingerprint density at radius 2 is 1.78 bits per heavy atom. The fourth-order valence-electron chi connectivity index (χ4n) is 3.60. The van der Waals surface area contributed by atoms with Crippen LogP contribution in [-0.2, 0) is 9.84 Å². The maximum Gasteiger partial charge on any atom is 0.150 e. The first kappa shape index (κ1) is 14.6. The third-order valence-electron chi connectivity index (χ3n) is 4.91. The maximum atomic E-state index is 11.6. The molecule has 4 heteroatoms. The Morgan fingerprint density at radius 3 is 2.28 bits per heavy atom. The maximum absolute atomic E-state index is 11.6. The van der Waals surface area contributed by atoms with Crippen LogP contribution in [0.2, 0.25) is 0 Å². The van der Waals surface area contributed by atoms with Gasteiger partial charge in [-0.15, -0.1) is 11.6 Å². The Bertz CT molecular complexity index is 397. The standard InChI is InChI=1S/C14H25ClO2S/c1-14(2,3)11-4-5-13(15)12(8-11)10-6-7-18(16,17)9-10/h10-13H,4-9H2,1-3H3. The molecule has 106 valence electrons. The lowest BCUT2D eigenvalue weighted by Gasteiger charge is -2.42. The molecule has 1 saturated carbocycles. The molecule has 2 fully saturated rings. The van der Waals surface area contributed by atoms with Crippen LogP contribution in [0, 0.1) is 23.2 Å². The highest BCUT2D eigenvalue weighted by Gasteiger charge is 2.42. The monoisotopic (exact) mass is 292 g/mol. The van der Waals surface area contributed by atoms with Gasteiger partial charge in [0.15, 0.2) is 9.84 Å². The summed E-state index contributed by atoms with van der Waals surface area (Å²) in [4.78, 5) is 0. The van der Waals surface area contributed by atoms with Crippen LogP contribution < -0.4 is 0 Å². The highest BCUT2D eigenvalue weighted by atomic mass is 35.5. The van der Waals surface area contributed by atoms with Crippen molar-refractivity contribution >= 4 is 21.4 Å². The van der Waals surface area contributed by atoms with Crippen LogP contribution in [0.4, 0.5) is 0 Å². The van der Waals surface area contributed by atoms with E-state index in [1.165, 1.54) is 6.42 Å². The second kappa shape index (κ2) is 4.97. The zero-order chi connectivity index (χ0) is 13.6. The highest BCUT2D eigenvalue weighted by molar-refractivity contribution is 7.91. The molecule has 1 aliphatic carbocycles. The lowest BCUT2D eigenvalue weighted by Crippen LogP contribution is -2.36. The minimum atomic E-state index is -2.78. The summed E-state index contributed by atoms with van der Waals surface area (Å²) >= 11 is 6.48. The van der Waals surface area contributed by atoms with E-state index >= 15 is 0 Å². The molecule has 4 unspecified atom stereocenters. The topological polar surface area (TPSA) is 34.1 Å². The predicted molar refractivity (Wildman–Crippen MR) is 76.7 cm³/mol. The molecule has 0 aromatic heterocycles. The quantitative estimate of drug-likeness (QED) is 0.693. The number of hydrogen-bond acceptors (Lipinski definition) is 2. The van der Waals surface area contributed by atoms with Gasteiger partial charge in [0, 0.05) is 5.38 Å². The zero-order valence-electron chi connectivity index (χ0n) is 11.7. The summed E-state index contributed by atoms with van der Waals surface area (Å²) in [6.07, 6.45) is 4.17. The zero-order valence-corrected chi connectivity index (χ0v) is 13.2. The molecule has 0 bridgehead atoms. The van der Waals surface area contributed by atoms with Crippen molar-refractivity contribution in [3.05, 3.63) is 0 Å². The Labute approximate surface area is 116 Å². The second-order valence-electron chi connectivity index (χ2n) is 7.22. The first-order valence-electron chi connectivity index (χ1n) is 7.03. The summed E-state index contributed by atoms with van der Waals surface area (Å²) in [7, 11) is -2.78. The van der Waals surface area contributed by atoms with Crippen molar-refractivity contribution in [2.24, 2.45) is 23.2 Å². The summed E-state index contributed by atoms with van der Waals surface area (Å²) < 4.78 is 23.3. The third-order valence-corrected chi connectivity index (χ3v) is 7.25. The first-order chi connectivity index (χ1) is 8.19. The molecule has 0 N–H and O–H groups in total. The van der Waals surface area contributed by atoms with Crippen LogP contribution in [-0.4, -0.2) is 25.3 Å². The summed E-state index contributed by atoms with van der Waals surface area (Å²) in [5.74, 6) is 2.14. The Kier molecular flexibility index (Phi) is 4.05. The average Bonchev–Trinajstić information content (AvgIpc) is 2.57. The highest BCUT2D eigenvalue weighted by Crippen LogP contribution is 2.46. The SMILES string of the molecule is CC(C)(C)C1CCC(Cl)C(C2CCS(=O)(=O)C2)C1.